The average Bonchev–Trinajstić information content (AvgIpc) is 3.00. The van der Waals surface area contributed by atoms with Crippen molar-refractivity contribution < 1.29 is 4.79 Å². The Hall–Kier alpha value is -2.74. The number of nitrogens with zero attached hydrogens (tertiary/aromatic N) is 3. The molecule has 0 atom stereocenters. The summed E-state index contributed by atoms with van der Waals surface area (Å²) in [6, 6.07) is 9.42. The summed E-state index contributed by atoms with van der Waals surface area (Å²) in [5.41, 5.74) is 3.70. The van der Waals surface area contributed by atoms with Crippen molar-refractivity contribution in [2.45, 2.75) is 32.0 Å². The van der Waals surface area contributed by atoms with Gasteiger partial charge in [0, 0.05) is 37.2 Å². The molecular formula is C20H25N5O2S. The number of aromatic nitrogens is 3. The zero-order valence-corrected chi connectivity index (χ0v) is 17.6. The van der Waals surface area contributed by atoms with Gasteiger partial charge in [-0.15, -0.1) is 0 Å². The molecule has 2 aromatic heterocycles. The van der Waals surface area contributed by atoms with Crippen LogP contribution in [-0.4, -0.2) is 40.3 Å². The molecule has 28 heavy (non-hydrogen) atoms. The third-order valence-electron chi connectivity index (χ3n) is 4.30. The molecule has 1 aromatic carbocycles. The van der Waals surface area contributed by atoms with Crippen LogP contribution in [0.15, 0.2) is 40.3 Å². The van der Waals surface area contributed by atoms with Crippen LogP contribution in [0.5, 0.6) is 0 Å². The predicted molar refractivity (Wildman–Crippen MR) is 116 cm³/mol. The van der Waals surface area contributed by atoms with E-state index in [2.05, 4.69) is 15.3 Å². The van der Waals surface area contributed by atoms with Crippen LogP contribution in [0, 0.1) is 6.92 Å². The number of thioether (sulfide) groups is 1. The van der Waals surface area contributed by atoms with Gasteiger partial charge >= 0.3 is 0 Å². The van der Waals surface area contributed by atoms with Gasteiger partial charge < -0.3 is 15.2 Å². The van der Waals surface area contributed by atoms with E-state index in [-0.39, 0.29) is 23.3 Å². The predicted octanol–water partition coefficient (Wildman–Crippen LogP) is 3.41. The molecule has 1 amide bonds. The van der Waals surface area contributed by atoms with Gasteiger partial charge in [-0.2, -0.15) is 0 Å². The maximum atomic E-state index is 12.8. The van der Waals surface area contributed by atoms with Gasteiger partial charge in [0.15, 0.2) is 5.16 Å². The number of anilines is 2. The molecule has 3 aromatic rings. The van der Waals surface area contributed by atoms with Crippen LogP contribution < -0.4 is 15.8 Å². The largest absolute Gasteiger partial charge is 0.378 e. The summed E-state index contributed by atoms with van der Waals surface area (Å²) < 4.78 is 1.63. The zero-order chi connectivity index (χ0) is 20.4. The Morgan fingerprint density at radius 3 is 2.57 bits per heavy atom. The molecule has 0 unspecified atom stereocenters. The Morgan fingerprint density at radius 1 is 1.29 bits per heavy atom. The summed E-state index contributed by atoms with van der Waals surface area (Å²) in [4.78, 5) is 34.8. The summed E-state index contributed by atoms with van der Waals surface area (Å²) in [6.07, 6.45) is 0. The molecule has 0 aliphatic heterocycles. The maximum Gasteiger partial charge on any atom is 0.278 e. The van der Waals surface area contributed by atoms with Gasteiger partial charge in [-0.05, 0) is 51.1 Å². The SMILES string of the molecule is Cc1cc2nc(SCC(=O)Nc3ccc(N(C)C)cc3)n(C(C)C)c(=O)c2[nH]1. The number of fused-ring (bicyclic) bond motifs is 1. The molecule has 0 saturated heterocycles. The molecule has 2 N–H and O–H groups in total. The molecule has 7 nitrogen and oxygen atoms in total. The smallest absolute Gasteiger partial charge is 0.278 e. The highest BCUT2D eigenvalue weighted by molar-refractivity contribution is 7.99. The van der Waals surface area contributed by atoms with Crippen molar-refractivity contribution in [1.82, 2.24) is 14.5 Å². The van der Waals surface area contributed by atoms with Gasteiger partial charge in [0.1, 0.15) is 5.52 Å². The van der Waals surface area contributed by atoms with Crippen molar-refractivity contribution >= 4 is 40.1 Å². The molecule has 0 aliphatic rings. The van der Waals surface area contributed by atoms with E-state index in [9.17, 15) is 9.59 Å². The number of aryl methyl sites for hydroxylation is 1. The Balaban J connectivity index is 1.76. The highest BCUT2D eigenvalue weighted by atomic mass is 32.2. The van der Waals surface area contributed by atoms with E-state index in [0.717, 1.165) is 17.1 Å². The van der Waals surface area contributed by atoms with E-state index in [1.165, 1.54) is 11.8 Å². The lowest BCUT2D eigenvalue weighted by molar-refractivity contribution is -0.113. The molecule has 8 heteroatoms. The van der Waals surface area contributed by atoms with Crippen LogP contribution in [0.25, 0.3) is 11.0 Å². The molecule has 3 rings (SSSR count). The second-order valence-corrected chi connectivity index (χ2v) is 8.10. The van der Waals surface area contributed by atoms with E-state index in [1.807, 2.05) is 70.1 Å². The monoisotopic (exact) mass is 399 g/mol. The van der Waals surface area contributed by atoms with Gasteiger partial charge in [0.25, 0.3) is 5.56 Å². The van der Waals surface area contributed by atoms with E-state index in [1.54, 1.807) is 4.57 Å². The number of amides is 1. The maximum absolute atomic E-state index is 12.8. The summed E-state index contributed by atoms with van der Waals surface area (Å²) in [7, 11) is 3.93. The highest BCUT2D eigenvalue weighted by Crippen LogP contribution is 2.22. The minimum atomic E-state index is -0.141. The summed E-state index contributed by atoms with van der Waals surface area (Å²) in [5, 5.41) is 3.43. The molecule has 0 radical (unpaired) electrons. The number of carbonyl (C=O) groups is 1. The number of aromatic amines is 1. The van der Waals surface area contributed by atoms with E-state index >= 15 is 0 Å². The van der Waals surface area contributed by atoms with Gasteiger partial charge in [-0.3, -0.25) is 14.2 Å². The molecule has 0 fully saturated rings. The molecule has 0 bridgehead atoms. The first-order valence-electron chi connectivity index (χ1n) is 9.08. The minimum Gasteiger partial charge on any atom is -0.378 e. The lowest BCUT2D eigenvalue weighted by Crippen LogP contribution is -2.25. The van der Waals surface area contributed by atoms with Crippen LogP contribution in [0.4, 0.5) is 11.4 Å². The van der Waals surface area contributed by atoms with Crippen molar-refractivity contribution in [2.75, 3.05) is 30.1 Å². The Labute approximate surface area is 168 Å². The Bertz CT molecular complexity index is 1050. The van der Waals surface area contributed by atoms with Crippen molar-refractivity contribution in [1.29, 1.82) is 0 Å². The molecule has 0 aliphatic carbocycles. The molecular weight excluding hydrogens is 374 g/mol. The van der Waals surface area contributed by atoms with Crippen molar-refractivity contribution in [3.63, 3.8) is 0 Å². The number of benzene rings is 1. The fourth-order valence-electron chi connectivity index (χ4n) is 2.92. The topological polar surface area (TPSA) is 83.0 Å². The molecule has 148 valence electrons. The summed E-state index contributed by atoms with van der Waals surface area (Å²) in [6.45, 7) is 5.75. The first-order valence-corrected chi connectivity index (χ1v) is 10.1. The standard InChI is InChI=1S/C20H25N5O2S/c1-12(2)25-19(27)18-16(10-13(3)21-18)23-20(25)28-11-17(26)22-14-6-8-15(9-7-14)24(4)5/h6-10,12,21H,11H2,1-5H3,(H,22,26). The van der Waals surface area contributed by atoms with E-state index in [4.69, 9.17) is 0 Å². The number of H-pyrrole nitrogens is 1. The molecule has 0 saturated carbocycles. The lowest BCUT2D eigenvalue weighted by Gasteiger charge is -2.15. The first kappa shape index (κ1) is 20.0. The zero-order valence-electron chi connectivity index (χ0n) is 16.7. The average molecular weight is 400 g/mol. The third kappa shape index (κ3) is 4.22. The van der Waals surface area contributed by atoms with Crippen LogP contribution in [0.3, 0.4) is 0 Å². The van der Waals surface area contributed by atoms with E-state index < -0.39 is 0 Å². The number of hydrogen-bond acceptors (Lipinski definition) is 5. The first-order chi connectivity index (χ1) is 13.3. The summed E-state index contributed by atoms with van der Waals surface area (Å²) >= 11 is 1.27. The van der Waals surface area contributed by atoms with Crippen molar-refractivity contribution in [3.8, 4) is 0 Å². The van der Waals surface area contributed by atoms with Crippen LogP contribution in [0.1, 0.15) is 25.6 Å². The van der Waals surface area contributed by atoms with Gasteiger partial charge in [0.2, 0.25) is 5.91 Å². The highest BCUT2D eigenvalue weighted by Gasteiger charge is 2.16. The summed E-state index contributed by atoms with van der Waals surface area (Å²) in [5.74, 6) is 0.0289. The lowest BCUT2D eigenvalue weighted by atomic mass is 10.2. The van der Waals surface area contributed by atoms with Gasteiger partial charge in [0.05, 0.1) is 11.3 Å². The fraction of sp³-hybridized carbons (Fsp3) is 0.350. The molecule has 0 spiro atoms. The Kier molecular flexibility index (Phi) is 5.79. The fourth-order valence-corrected chi connectivity index (χ4v) is 3.85. The van der Waals surface area contributed by atoms with Gasteiger partial charge in [-0.1, -0.05) is 11.8 Å². The van der Waals surface area contributed by atoms with Crippen molar-refractivity contribution in [2.24, 2.45) is 0 Å². The number of nitrogens with one attached hydrogen (secondary N) is 2. The second-order valence-electron chi connectivity index (χ2n) is 7.15. The van der Waals surface area contributed by atoms with E-state index in [0.29, 0.717) is 16.2 Å². The normalized spacial score (nSPS) is 11.2. The number of hydrogen-bond donors (Lipinski definition) is 2. The molecule has 2 heterocycles. The Morgan fingerprint density at radius 2 is 1.96 bits per heavy atom. The second kappa shape index (κ2) is 8.10. The number of carbonyl (C=O) groups excluding carboxylic acids is 1. The minimum absolute atomic E-state index is 0.0582. The van der Waals surface area contributed by atoms with Crippen LogP contribution in [0.2, 0.25) is 0 Å². The quantitative estimate of drug-likeness (QED) is 0.490. The third-order valence-corrected chi connectivity index (χ3v) is 5.26. The van der Waals surface area contributed by atoms with Crippen LogP contribution >= 0.6 is 11.8 Å². The number of rotatable bonds is 6. The van der Waals surface area contributed by atoms with Crippen LogP contribution in [-0.2, 0) is 4.79 Å². The van der Waals surface area contributed by atoms with Gasteiger partial charge in [-0.25, -0.2) is 4.98 Å². The van der Waals surface area contributed by atoms with Crippen molar-refractivity contribution in [3.05, 3.63) is 46.4 Å².